The number of aromatic nitrogens is 1. The van der Waals surface area contributed by atoms with Crippen molar-refractivity contribution in [2.45, 2.75) is 84.3 Å². The van der Waals surface area contributed by atoms with E-state index in [1.54, 1.807) is 6.92 Å². The smallest absolute Gasteiger partial charge is 0.333 e. The highest BCUT2D eigenvalue weighted by atomic mass is 79.9. The van der Waals surface area contributed by atoms with Gasteiger partial charge in [0.05, 0.1) is 6.10 Å². The Morgan fingerprint density at radius 3 is 2.04 bits per heavy atom. The van der Waals surface area contributed by atoms with E-state index in [1.165, 1.54) is 44.9 Å². The van der Waals surface area contributed by atoms with Crippen LogP contribution in [0.25, 0.3) is 0 Å². The third kappa shape index (κ3) is 12.8. The molecule has 0 aliphatic heterocycles. The number of aryl methyl sites for hydroxylation is 1. The van der Waals surface area contributed by atoms with Gasteiger partial charge in [-0.3, -0.25) is 0 Å². The monoisotopic (exact) mass is 411 g/mol. The molecule has 0 amide bonds. The minimum atomic E-state index is -0.267. The molecular formula is C21H34BrNO2. The first-order valence-electron chi connectivity index (χ1n) is 9.40. The van der Waals surface area contributed by atoms with Crippen molar-refractivity contribution in [1.29, 1.82) is 0 Å². The van der Waals surface area contributed by atoms with Crippen molar-refractivity contribution in [1.82, 2.24) is 0 Å². The number of nitrogens with zero attached hydrogens (tertiary/aromatic N) is 1. The van der Waals surface area contributed by atoms with E-state index in [2.05, 4.69) is 41.7 Å². The zero-order valence-electron chi connectivity index (χ0n) is 15.9. The quantitative estimate of drug-likeness (QED) is 0.215. The maximum absolute atomic E-state index is 11.4. The van der Waals surface area contributed by atoms with Gasteiger partial charge in [0.1, 0.15) is 6.54 Å². The van der Waals surface area contributed by atoms with Gasteiger partial charge in [0.2, 0.25) is 0 Å². The fraction of sp³-hybridized carbons (Fsp3) is 0.619. The average Bonchev–Trinajstić information content (AvgIpc) is 2.57. The molecule has 0 aromatic carbocycles. The average molecular weight is 412 g/mol. The van der Waals surface area contributed by atoms with Crippen molar-refractivity contribution in [2.75, 3.05) is 0 Å². The van der Waals surface area contributed by atoms with Crippen LogP contribution < -0.4 is 21.5 Å². The maximum atomic E-state index is 11.4. The van der Waals surface area contributed by atoms with Crippen molar-refractivity contribution in [3.05, 3.63) is 42.7 Å². The molecule has 1 aromatic rings. The van der Waals surface area contributed by atoms with Crippen molar-refractivity contribution in [3.63, 3.8) is 0 Å². The topological polar surface area (TPSA) is 30.2 Å². The highest BCUT2D eigenvalue weighted by Crippen LogP contribution is 2.12. The molecule has 0 saturated carbocycles. The van der Waals surface area contributed by atoms with Crippen LogP contribution in [-0.2, 0) is 16.1 Å². The molecule has 0 aliphatic carbocycles. The minimum absolute atomic E-state index is 0. The first-order chi connectivity index (χ1) is 11.6. The molecule has 0 N–H and O–H groups in total. The molecule has 0 spiro atoms. The molecular weight excluding hydrogens is 378 g/mol. The lowest BCUT2D eigenvalue weighted by atomic mass is 10.1. The lowest BCUT2D eigenvalue weighted by Gasteiger charge is -2.12. The molecule has 0 aliphatic rings. The van der Waals surface area contributed by atoms with Crippen LogP contribution in [0.4, 0.5) is 0 Å². The van der Waals surface area contributed by atoms with E-state index >= 15 is 0 Å². The molecule has 25 heavy (non-hydrogen) atoms. The SMILES string of the molecule is C=C(C)C(=O)OC(C)CCCCCCCCCC[n+]1ccccc1.[Br-]. The number of ether oxygens (including phenoxy) is 1. The fourth-order valence-corrected chi connectivity index (χ4v) is 2.71. The van der Waals surface area contributed by atoms with Gasteiger partial charge in [-0.05, 0) is 33.1 Å². The molecule has 4 heteroatoms. The first kappa shape index (κ1) is 23.8. The van der Waals surface area contributed by atoms with Crippen LogP contribution in [0, 0.1) is 0 Å². The van der Waals surface area contributed by atoms with E-state index in [0.29, 0.717) is 5.57 Å². The number of hydrogen-bond acceptors (Lipinski definition) is 2. The van der Waals surface area contributed by atoms with Crippen LogP contribution in [0.5, 0.6) is 0 Å². The summed E-state index contributed by atoms with van der Waals surface area (Å²) in [5.41, 5.74) is 0.479. The number of carbonyl (C=O) groups is 1. The Bertz CT molecular complexity index is 476. The van der Waals surface area contributed by atoms with Crippen molar-refractivity contribution in [2.24, 2.45) is 0 Å². The van der Waals surface area contributed by atoms with E-state index in [9.17, 15) is 4.79 Å². The second kappa shape index (κ2) is 15.1. The molecule has 1 aromatic heterocycles. The van der Waals surface area contributed by atoms with Gasteiger partial charge < -0.3 is 21.7 Å². The molecule has 1 rings (SSSR count). The van der Waals surface area contributed by atoms with E-state index in [0.717, 1.165) is 19.4 Å². The second-order valence-corrected chi connectivity index (χ2v) is 6.73. The van der Waals surface area contributed by atoms with Gasteiger partial charge in [-0.15, -0.1) is 0 Å². The van der Waals surface area contributed by atoms with Gasteiger partial charge in [-0.2, -0.15) is 0 Å². The largest absolute Gasteiger partial charge is 1.00 e. The Balaban J connectivity index is 0.00000576. The summed E-state index contributed by atoms with van der Waals surface area (Å²) >= 11 is 0. The molecule has 142 valence electrons. The summed E-state index contributed by atoms with van der Waals surface area (Å²) in [5.74, 6) is -0.267. The Labute approximate surface area is 164 Å². The molecule has 0 bridgehead atoms. The summed E-state index contributed by atoms with van der Waals surface area (Å²) in [6, 6.07) is 6.22. The summed E-state index contributed by atoms with van der Waals surface area (Å²) in [4.78, 5) is 11.4. The van der Waals surface area contributed by atoms with Gasteiger partial charge in [0.25, 0.3) is 0 Å². The Morgan fingerprint density at radius 1 is 0.960 bits per heavy atom. The Kier molecular flexibility index (Phi) is 14.4. The lowest BCUT2D eigenvalue weighted by Crippen LogP contribution is -3.00. The number of esters is 1. The highest BCUT2D eigenvalue weighted by Gasteiger charge is 2.09. The lowest BCUT2D eigenvalue weighted by molar-refractivity contribution is -0.697. The maximum Gasteiger partial charge on any atom is 0.333 e. The van der Waals surface area contributed by atoms with Gasteiger partial charge in [-0.25, -0.2) is 9.36 Å². The zero-order chi connectivity index (χ0) is 17.6. The number of unbranched alkanes of at least 4 members (excludes halogenated alkanes) is 7. The van der Waals surface area contributed by atoms with Crippen LogP contribution in [0.15, 0.2) is 42.7 Å². The van der Waals surface area contributed by atoms with Crippen LogP contribution in [0.2, 0.25) is 0 Å². The van der Waals surface area contributed by atoms with Gasteiger partial charge >= 0.3 is 5.97 Å². The Hall–Kier alpha value is -1.16. The first-order valence-corrected chi connectivity index (χ1v) is 9.40. The van der Waals surface area contributed by atoms with Crippen molar-refractivity contribution < 1.29 is 31.1 Å². The number of pyridine rings is 1. The predicted molar refractivity (Wildman–Crippen MR) is 98.6 cm³/mol. The zero-order valence-corrected chi connectivity index (χ0v) is 17.5. The summed E-state index contributed by atoms with van der Waals surface area (Å²) in [5, 5.41) is 0. The standard InChI is InChI=1S/C21H34NO2.BrH/c1-19(2)21(23)24-20(3)15-11-8-6-4-5-7-9-12-16-22-17-13-10-14-18-22;/h10,13-14,17-18,20H,1,4-9,11-12,15-16H2,2-3H3;1H/q+1;/p-1. The number of hydrogen-bond donors (Lipinski definition) is 0. The van der Waals surface area contributed by atoms with Crippen LogP contribution in [0.1, 0.15) is 71.6 Å². The third-order valence-corrected chi connectivity index (χ3v) is 4.21. The Morgan fingerprint density at radius 2 is 1.48 bits per heavy atom. The van der Waals surface area contributed by atoms with Gasteiger partial charge in [0.15, 0.2) is 12.4 Å². The van der Waals surface area contributed by atoms with Crippen LogP contribution >= 0.6 is 0 Å². The van der Waals surface area contributed by atoms with E-state index < -0.39 is 0 Å². The fourth-order valence-electron chi connectivity index (χ4n) is 2.71. The van der Waals surface area contributed by atoms with Crippen molar-refractivity contribution >= 4 is 5.97 Å². The van der Waals surface area contributed by atoms with Gasteiger partial charge in [-0.1, -0.05) is 44.7 Å². The predicted octanol–water partition coefficient (Wildman–Crippen LogP) is 2.00. The minimum Gasteiger partial charge on any atom is -1.00 e. The summed E-state index contributed by atoms with van der Waals surface area (Å²) in [6.07, 6.45) is 15.4. The van der Waals surface area contributed by atoms with Gasteiger partial charge in [0, 0.05) is 24.1 Å². The molecule has 0 saturated heterocycles. The van der Waals surface area contributed by atoms with Crippen LogP contribution in [-0.4, -0.2) is 12.1 Å². The molecule has 1 atom stereocenters. The third-order valence-electron chi connectivity index (χ3n) is 4.21. The van der Waals surface area contributed by atoms with E-state index in [-0.39, 0.29) is 29.1 Å². The van der Waals surface area contributed by atoms with Crippen LogP contribution in [0.3, 0.4) is 0 Å². The molecule has 3 nitrogen and oxygen atoms in total. The van der Waals surface area contributed by atoms with E-state index in [4.69, 9.17) is 4.74 Å². The summed E-state index contributed by atoms with van der Waals surface area (Å²) < 4.78 is 7.53. The normalized spacial score (nSPS) is 11.4. The summed E-state index contributed by atoms with van der Waals surface area (Å²) in [6.45, 7) is 8.38. The highest BCUT2D eigenvalue weighted by molar-refractivity contribution is 5.87. The number of rotatable bonds is 13. The number of carbonyl (C=O) groups excluding carboxylic acids is 1. The molecule has 1 unspecified atom stereocenters. The van der Waals surface area contributed by atoms with E-state index in [1.807, 2.05) is 6.92 Å². The molecule has 0 fully saturated rings. The molecule has 0 radical (unpaired) electrons. The molecule has 1 heterocycles. The second-order valence-electron chi connectivity index (χ2n) is 6.73. The number of halogens is 1. The van der Waals surface area contributed by atoms with Crippen molar-refractivity contribution in [3.8, 4) is 0 Å². The summed E-state index contributed by atoms with van der Waals surface area (Å²) in [7, 11) is 0.